The van der Waals surface area contributed by atoms with Crippen LogP contribution in [0, 0.1) is 0 Å². The number of halogens is 3. The number of piperidine rings is 1. The van der Waals surface area contributed by atoms with Crippen molar-refractivity contribution in [1.29, 1.82) is 0 Å². The summed E-state index contributed by atoms with van der Waals surface area (Å²) in [5, 5.41) is 0.989. The van der Waals surface area contributed by atoms with Crippen molar-refractivity contribution in [3.05, 3.63) is 12.7 Å². The zero-order valence-corrected chi connectivity index (χ0v) is 15.5. The number of nitrogens with zero attached hydrogens (tertiary/aromatic N) is 1. The van der Waals surface area contributed by atoms with Gasteiger partial charge in [-0.1, -0.05) is 11.3 Å². The number of fused-ring (bicyclic) bond motifs is 2. The lowest BCUT2D eigenvalue weighted by Crippen LogP contribution is -2.43. The molecule has 0 radical (unpaired) electrons. The molecule has 2 aliphatic rings. The predicted molar refractivity (Wildman–Crippen MR) is 85.6 cm³/mol. The summed E-state index contributed by atoms with van der Waals surface area (Å²) < 4.78 is 9.37. The SMILES string of the molecule is CN1[C@@H]2CC[C@H]1C[C@H](Oc1sc(Br)c(Br)c1Br)C2. The number of thiophene rings is 1. The number of rotatable bonds is 2. The Morgan fingerprint density at radius 2 is 1.72 bits per heavy atom. The third kappa shape index (κ3) is 2.43. The van der Waals surface area contributed by atoms with Gasteiger partial charge in [0.25, 0.3) is 0 Å². The predicted octanol–water partition coefficient (Wildman–Crippen LogP) is 5.04. The Labute approximate surface area is 136 Å². The van der Waals surface area contributed by atoms with Crippen molar-refractivity contribution < 1.29 is 4.74 Å². The Balaban J connectivity index is 1.72. The average Bonchev–Trinajstić information content (AvgIpc) is 2.71. The summed E-state index contributed by atoms with van der Waals surface area (Å²) in [5.41, 5.74) is 0. The monoisotopic (exact) mass is 457 g/mol. The first-order valence-corrected chi connectivity index (χ1v) is 9.27. The maximum absolute atomic E-state index is 6.20. The number of hydrogen-bond donors (Lipinski definition) is 0. The molecule has 1 aromatic heterocycles. The maximum Gasteiger partial charge on any atom is 0.190 e. The van der Waals surface area contributed by atoms with Crippen LogP contribution in [0.5, 0.6) is 5.06 Å². The van der Waals surface area contributed by atoms with Gasteiger partial charge < -0.3 is 9.64 Å². The van der Waals surface area contributed by atoms with Crippen LogP contribution in [0.2, 0.25) is 0 Å². The van der Waals surface area contributed by atoms with Gasteiger partial charge in [0, 0.05) is 12.1 Å². The fraction of sp³-hybridized carbons (Fsp3) is 0.667. The molecule has 0 saturated carbocycles. The van der Waals surface area contributed by atoms with E-state index in [0.717, 1.165) is 42.7 Å². The second-order valence-electron chi connectivity index (χ2n) is 5.05. The van der Waals surface area contributed by atoms with E-state index in [-0.39, 0.29) is 0 Å². The van der Waals surface area contributed by atoms with Crippen molar-refractivity contribution in [3.63, 3.8) is 0 Å². The van der Waals surface area contributed by atoms with Crippen LogP contribution in [-0.2, 0) is 0 Å². The molecule has 0 aliphatic carbocycles. The molecule has 3 rings (SSSR count). The van der Waals surface area contributed by atoms with E-state index in [1.807, 2.05) is 0 Å². The Morgan fingerprint density at radius 1 is 1.11 bits per heavy atom. The summed E-state index contributed by atoms with van der Waals surface area (Å²) in [7, 11) is 2.26. The Morgan fingerprint density at radius 3 is 2.22 bits per heavy atom. The standard InChI is InChI=1S/C12H14Br3NOS/c1-16-6-2-3-7(16)5-8(4-6)17-12-10(14)9(13)11(15)18-12/h6-8H,2-5H2,1H3/t6-,7+,8-. The zero-order valence-electron chi connectivity index (χ0n) is 9.96. The topological polar surface area (TPSA) is 12.5 Å². The van der Waals surface area contributed by atoms with Crippen LogP contribution >= 0.6 is 59.1 Å². The molecule has 0 amide bonds. The first-order chi connectivity index (χ1) is 8.56. The van der Waals surface area contributed by atoms with Gasteiger partial charge in [-0.2, -0.15) is 0 Å². The second-order valence-corrected chi connectivity index (χ2v) is 8.94. The molecular formula is C12H14Br3NOS. The van der Waals surface area contributed by atoms with Gasteiger partial charge >= 0.3 is 0 Å². The fourth-order valence-corrected chi connectivity index (χ4v) is 5.89. The van der Waals surface area contributed by atoms with Gasteiger partial charge in [0.05, 0.1) is 12.7 Å². The molecule has 3 atom stereocenters. The number of hydrogen-bond acceptors (Lipinski definition) is 3. The van der Waals surface area contributed by atoms with Crippen LogP contribution in [0.3, 0.4) is 0 Å². The van der Waals surface area contributed by atoms with Crippen molar-refractivity contribution in [2.75, 3.05) is 7.05 Å². The van der Waals surface area contributed by atoms with E-state index >= 15 is 0 Å². The molecule has 2 nitrogen and oxygen atoms in total. The first kappa shape index (κ1) is 13.9. The largest absolute Gasteiger partial charge is 0.480 e. The van der Waals surface area contributed by atoms with Gasteiger partial charge in [-0.15, -0.1) is 0 Å². The van der Waals surface area contributed by atoms with E-state index in [0.29, 0.717) is 6.10 Å². The fourth-order valence-electron chi connectivity index (χ4n) is 3.03. The molecule has 100 valence electrons. The molecule has 0 unspecified atom stereocenters. The maximum atomic E-state index is 6.20. The highest BCUT2D eigenvalue weighted by atomic mass is 79.9. The molecule has 0 aromatic carbocycles. The van der Waals surface area contributed by atoms with Crippen LogP contribution in [-0.4, -0.2) is 30.1 Å². The third-order valence-electron chi connectivity index (χ3n) is 4.06. The molecule has 18 heavy (non-hydrogen) atoms. The Kier molecular flexibility index (Phi) is 4.12. The van der Waals surface area contributed by atoms with Crippen molar-refractivity contribution in [1.82, 2.24) is 4.90 Å². The second kappa shape index (κ2) is 5.35. The zero-order chi connectivity index (χ0) is 12.9. The van der Waals surface area contributed by atoms with Crippen LogP contribution in [0.4, 0.5) is 0 Å². The Bertz CT molecular complexity index is 450. The molecule has 6 heteroatoms. The van der Waals surface area contributed by atoms with E-state index in [1.165, 1.54) is 12.8 Å². The molecule has 1 aromatic rings. The Hall–Kier alpha value is 0.900. The van der Waals surface area contributed by atoms with Crippen molar-refractivity contribution in [2.45, 2.75) is 43.9 Å². The highest BCUT2D eigenvalue weighted by molar-refractivity contribution is 9.14. The normalized spacial score (nSPS) is 31.9. The highest BCUT2D eigenvalue weighted by Crippen LogP contribution is 2.47. The van der Waals surface area contributed by atoms with Crippen molar-refractivity contribution >= 4 is 59.1 Å². The summed E-state index contributed by atoms with van der Waals surface area (Å²) in [4.78, 5) is 2.54. The van der Waals surface area contributed by atoms with E-state index in [2.05, 4.69) is 59.7 Å². The lowest BCUT2D eigenvalue weighted by Gasteiger charge is -2.36. The quantitative estimate of drug-likeness (QED) is 0.614. The lowest BCUT2D eigenvalue weighted by molar-refractivity contribution is 0.0681. The summed E-state index contributed by atoms with van der Waals surface area (Å²) in [6.45, 7) is 0. The lowest BCUT2D eigenvalue weighted by atomic mass is 10.0. The van der Waals surface area contributed by atoms with Gasteiger partial charge in [-0.3, -0.25) is 0 Å². The minimum Gasteiger partial charge on any atom is -0.480 e. The summed E-state index contributed by atoms with van der Waals surface area (Å²) in [5.74, 6) is 0. The number of ether oxygens (including phenoxy) is 1. The van der Waals surface area contributed by atoms with Gasteiger partial charge in [0.1, 0.15) is 6.10 Å². The van der Waals surface area contributed by atoms with E-state index in [9.17, 15) is 0 Å². The molecule has 3 heterocycles. The molecule has 2 saturated heterocycles. The van der Waals surface area contributed by atoms with Crippen LogP contribution in [0.15, 0.2) is 12.7 Å². The summed E-state index contributed by atoms with van der Waals surface area (Å²) in [6.07, 6.45) is 5.35. The van der Waals surface area contributed by atoms with Gasteiger partial charge in [-0.05, 0) is 80.5 Å². The van der Waals surface area contributed by atoms with Crippen LogP contribution < -0.4 is 4.74 Å². The third-order valence-corrected chi connectivity index (χ3v) is 8.95. The molecule has 0 spiro atoms. The van der Waals surface area contributed by atoms with E-state index < -0.39 is 0 Å². The molecular weight excluding hydrogens is 446 g/mol. The molecule has 2 fully saturated rings. The average molecular weight is 460 g/mol. The highest BCUT2D eigenvalue weighted by Gasteiger charge is 2.39. The minimum atomic E-state index is 0.368. The van der Waals surface area contributed by atoms with Crippen molar-refractivity contribution in [3.8, 4) is 5.06 Å². The van der Waals surface area contributed by atoms with E-state index in [4.69, 9.17) is 4.74 Å². The summed E-state index contributed by atoms with van der Waals surface area (Å²) >= 11 is 12.3. The van der Waals surface area contributed by atoms with Gasteiger partial charge in [-0.25, -0.2) is 0 Å². The van der Waals surface area contributed by atoms with Gasteiger partial charge in [0.2, 0.25) is 0 Å². The van der Waals surface area contributed by atoms with Crippen LogP contribution in [0.1, 0.15) is 25.7 Å². The first-order valence-electron chi connectivity index (χ1n) is 6.08. The van der Waals surface area contributed by atoms with E-state index in [1.54, 1.807) is 11.3 Å². The molecule has 0 N–H and O–H groups in total. The van der Waals surface area contributed by atoms with Crippen molar-refractivity contribution in [2.24, 2.45) is 0 Å². The summed E-state index contributed by atoms with van der Waals surface area (Å²) in [6, 6.07) is 1.44. The van der Waals surface area contributed by atoms with Crippen LogP contribution in [0.25, 0.3) is 0 Å². The van der Waals surface area contributed by atoms with Gasteiger partial charge in [0.15, 0.2) is 5.06 Å². The minimum absolute atomic E-state index is 0.368. The molecule has 2 bridgehead atoms. The molecule has 2 aliphatic heterocycles. The smallest absolute Gasteiger partial charge is 0.190 e.